The zero-order valence-electron chi connectivity index (χ0n) is 19.2. The molecule has 4 aromatic rings. The lowest BCUT2D eigenvalue weighted by Crippen LogP contribution is -2.25. The first-order valence-corrected chi connectivity index (χ1v) is 13.8. The fraction of sp³-hybridized carbons (Fsp3) is 0.320. The minimum atomic E-state index is -3.05. The number of hydrogen-bond acceptors (Lipinski definition) is 6. The quantitative estimate of drug-likeness (QED) is 0.389. The van der Waals surface area contributed by atoms with Crippen LogP contribution >= 0.6 is 11.3 Å². The summed E-state index contributed by atoms with van der Waals surface area (Å²) in [6.45, 7) is 5.61. The Morgan fingerprint density at radius 3 is 2.59 bits per heavy atom. The predicted octanol–water partition coefficient (Wildman–Crippen LogP) is 4.09. The number of carbonyl (C=O) groups is 1. The lowest BCUT2D eigenvalue weighted by atomic mass is 10.1. The molecule has 1 aliphatic rings. The van der Waals surface area contributed by atoms with E-state index in [0.29, 0.717) is 22.2 Å². The van der Waals surface area contributed by atoms with Crippen molar-refractivity contribution in [1.29, 1.82) is 0 Å². The van der Waals surface area contributed by atoms with E-state index in [1.165, 1.54) is 22.2 Å². The number of Topliss-reactive ketones (excluding diaryl/α,β-unsaturated/α-hetero) is 1. The van der Waals surface area contributed by atoms with Gasteiger partial charge in [-0.3, -0.25) is 14.2 Å². The van der Waals surface area contributed by atoms with E-state index in [0.717, 1.165) is 28.1 Å². The first-order chi connectivity index (χ1) is 16.1. The molecule has 0 saturated carbocycles. The molecule has 176 valence electrons. The summed E-state index contributed by atoms with van der Waals surface area (Å²) >= 11 is 1.41. The maximum atomic E-state index is 13.4. The van der Waals surface area contributed by atoms with E-state index in [1.54, 1.807) is 6.07 Å². The van der Waals surface area contributed by atoms with Gasteiger partial charge in [-0.1, -0.05) is 29.8 Å². The zero-order chi connectivity index (χ0) is 24.2. The summed E-state index contributed by atoms with van der Waals surface area (Å²) in [5.74, 6) is 0.0654. The zero-order valence-corrected chi connectivity index (χ0v) is 20.9. The van der Waals surface area contributed by atoms with Crippen LogP contribution in [0, 0.1) is 20.8 Å². The van der Waals surface area contributed by atoms with Crippen LogP contribution in [-0.4, -0.2) is 39.8 Å². The highest BCUT2D eigenvalue weighted by atomic mass is 32.2. The Balaban J connectivity index is 1.48. The van der Waals surface area contributed by atoms with Crippen LogP contribution in [0.15, 0.2) is 46.8 Å². The van der Waals surface area contributed by atoms with Gasteiger partial charge in [0.2, 0.25) is 0 Å². The molecule has 0 bridgehead atoms. The fourth-order valence-corrected chi connectivity index (χ4v) is 7.47. The molecule has 1 atom stereocenters. The van der Waals surface area contributed by atoms with Crippen LogP contribution in [0.3, 0.4) is 0 Å². The highest BCUT2D eigenvalue weighted by Crippen LogP contribution is 2.31. The first kappa shape index (κ1) is 22.7. The minimum absolute atomic E-state index is 0.0942. The average Bonchev–Trinajstić information content (AvgIpc) is 3.46. The van der Waals surface area contributed by atoms with Crippen molar-refractivity contribution in [3.63, 3.8) is 0 Å². The summed E-state index contributed by atoms with van der Waals surface area (Å²) < 4.78 is 27.2. The van der Waals surface area contributed by atoms with E-state index in [-0.39, 0.29) is 35.4 Å². The minimum Gasteiger partial charge on any atom is -0.344 e. The molecule has 0 radical (unpaired) electrons. The Morgan fingerprint density at radius 1 is 1.18 bits per heavy atom. The van der Waals surface area contributed by atoms with Gasteiger partial charge in [0, 0.05) is 33.9 Å². The number of hydrogen-bond donors (Lipinski definition) is 0. The molecule has 1 unspecified atom stereocenters. The first-order valence-electron chi connectivity index (χ1n) is 11.1. The lowest BCUT2D eigenvalue weighted by Gasteiger charge is -2.16. The number of carbonyl (C=O) groups excluding carboxylic acids is 1. The van der Waals surface area contributed by atoms with Crippen molar-refractivity contribution in [2.45, 2.75) is 39.8 Å². The molecule has 1 fully saturated rings. The van der Waals surface area contributed by atoms with Crippen molar-refractivity contribution in [3.8, 4) is 11.1 Å². The van der Waals surface area contributed by atoms with Gasteiger partial charge in [0.25, 0.3) is 5.56 Å². The van der Waals surface area contributed by atoms with Gasteiger partial charge in [-0.05, 0) is 38.8 Å². The molecule has 4 heterocycles. The molecule has 1 aliphatic heterocycles. The summed E-state index contributed by atoms with van der Waals surface area (Å²) in [5, 5.41) is 2.45. The summed E-state index contributed by atoms with van der Waals surface area (Å²) in [6.07, 6.45) is 1.98. The van der Waals surface area contributed by atoms with Crippen LogP contribution in [0.2, 0.25) is 0 Å². The Bertz CT molecular complexity index is 1590. The molecule has 7 nitrogen and oxygen atoms in total. The number of sulfone groups is 1. The van der Waals surface area contributed by atoms with E-state index < -0.39 is 9.84 Å². The van der Waals surface area contributed by atoms with Crippen LogP contribution in [0.5, 0.6) is 0 Å². The SMILES string of the molecule is Cc1ccc(-c2csc3ncn(CC(=O)c4cc(C)n(C5CCS(=O)(=O)C5)c4C)c(=O)c23)cc1. The van der Waals surface area contributed by atoms with Crippen LogP contribution < -0.4 is 5.56 Å². The highest BCUT2D eigenvalue weighted by molar-refractivity contribution is 7.91. The Hall–Kier alpha value is -3.04. The highest BCUT2D eigenvalue weighted by Gasteiger charge is 2.31. The Labute approximate surface area is 201 Å². The molecular formula is C25H25N3O4S2. The van der Waals surface area contributed by atoms with E-state index in [2.05, 4.69) is 4.98 Å². The molecule has 1 aromatic carbocycles. The molecule has 0 spiro atoms. The Kier molecular flexibility index (Phi) is 5.56. The summed E-state index contributed by atoms with van der Waals surface area (Å²) in [4.78, 5) is 31.7. The topological polar surface area (TPSA) is 91.0 Å². The number of rotatable bonds is 5. The second-order valence-electron chi connectivity index (χ2n) is 9.01. The second-order valence-corrected chi connectivity index (χ2v) is 12.1. The van der Waals surface area contributed by atoms with Gasteiger partial charge < -0.3 is 4.57 Å². The molecular weight excluding hydrogens is 470 g/mol. The van der Waals surface area contributed by atoms with Crippen molar-refractivity contribution in [1.82, 2.24) is 14.1 Å². The summed E-state index contributed by atoms with van der Waals surface area (Å²) in [7, 11) is -3.05. The van der Waals surface area contributed by atoms with Gasteiger partial charge in [0.05, 0.1) is 29.8 Å². The normalized spacial score (nSPS) is 17.4. The number of nitrogens with zero attached hydrogens (tertiary/aromatic N) is 3. The van der Waals surface area contributed by atoms with Gasteiger partial charge in [-0.2, -0.15) is 0 Å². The molecule has 34 heavy (non-hydrogen) atoms. The Morgan fingerprint density at radius 2 is 1.91 bits per heavy atom. The van der Waals surface area contributed by atoms with Gasteiger partial charge in [0.1, 0.15) is 4.83 Å². The van der Waals surface area contributed by atoms with E-state index in [4.69, 9.17) is 0 Å². The number of ketones is 1. The van der Waals surface area contributed by atoms with Gasteiger partial charge in [-0.25, -0.2) is 13.4 Å². The van der Waals surface area contributed by atoms with E-state index >= 15 is 0 Å². The molecule has 0 N–H and O–H groups in total. The molecule has 3 aromatic heterocycles. The molecule has 0 amide bonds. The van der Waals surface area contributed by atoms with Crippen LogP contribution in [0.25, 0.3) is 21.3 Å². The summed E-state index contributed by atoms with van der Waals surface area (Å²) in [5.41, 5.74) is 4.75. The van der Waals surface area contributed by atoms with Crippen molar-refractivity contribution in [2.24, 2.45) is 0 Å². The fourth-order valence-electron chi connectivity index (χ4n) is 4.87. The van der Waals surface area contributed by atoms with Crippen LogP contribution in [-0.2, 0) is 16.4 Å². The lowest BCUT2D eigenvalue weighted by molar-refractivity contribution is 0.0970. The van der Waals surface area contributed by atoms with Crippen molar-refractivity contribution >= 4 is 37.2 Å². The smallest absolute Gasteiger partial charge is 0.263 e. The van der Waals surface area contributed by atoms with Crippen molar-refractivity contribution < 1.29 is 13.2 Å². The predicted molar refractivity (Wildman–Crippen MR) is 135 cm³/mol. The third kappa shape index (κ3) is 3.92. The van der Waals surface area contributed by atoms with Crippen LogP contribution in [0.4, 0.5) is 0 Å². The van der Waals surface area contributed by atoms with Gasteiger partial charge in [-0.15, -0.1) is 11.3 Å². The van der Waals surface area contributed by atoms with Crippen molar-refractivity contribution in [2.75, 3.05) is 11.5 Å². The standard InChI is InChI=1S/C25H25N3O4S2/c1-15-4-6-18(7-5-15)21-12-33-24-23(21)25(30)27(14-26-24)11-22(29)20-10-16(2)28(17(20)3)19-8-9-34(31,32)13-19/h4-7,10,12,14,19H,8-9,11,13H2,1-3H3. The van der Waals surface area contributed by atoms with Gasteiger partial charge >= 0.3 is 0 Å². The maximum Gasteiger partial charge on any atom is 0.263 e. The number of benzene rings is 1. The molecule has 1 saturated heterocycles. The second kappa shape index (κ2) is 8.32. The molecule has 9 heteroatoms. The average molecular weight is 496 g/mol. The number of thiophene rings is 1. The summed E-state index contributed by atoms with van der Waals surface area (Å²) in [6, 6.07) is 9.61. The van der Waals surface area contributed by atoms with E-state index in [9.17, 15) is 18.0 Å². The third-order valence-electron chi connectivity index (χ3n) is 6.60. The number of aryl methyl sites for hydroxylation is 2. The van der Waals surface area contributed by atoms with Crippen molar-refractivity contribution in [3.05, 3.63) is 74.9 Å². The molecule has 5 rings (SSSR count). The number of aromatic nitrogens is 3. The molecule has 0 aliphatic carbocycles. The van der Waals surface area contributed by atoms with E-state index in [1.807, 2.05) is 55.0 Å². The third-order valence-corrected chi connectivity index (χ3v) is 9.23. The van der Waals surface area contributed by atoms with Crippen LogP contribution in [0.1, 0.15) is 39.8 Å². The largest absolute Gasteiger partial charge is 0.344 e. The maximum absolute atomic E-state index is 13.4. The van der Waals surface area contributed by atoms with Gasteiger partial charge in [0.15, 0.2) is 15.6 Å². The monoisotopic (exact) mass is 495 g/mol. The number of fused-ring (bicyclic) bond motifs is 1.